The molecule has 0 bridgehead atoms. The topological polar surface area (TPSA) is 72.9 Å². The van der Waals surface area contributed by atoms with Gasteiger partial charge in [-0.05, 0) is 62.0 Å². The Bertz CT molecular complexity index is 682. The average molecular weight is 474 g/mol. The van der Waals surface area contributed by atoms with Crippen LogP contribution in [0.15, 0.2) is 28.7 Å². The van der Waals surface area contributed by atoms with Crippen molar-refractivity contribution in [3.63, 3.8) is 0 Å². The van der Waals surface area contributed by atoms with Gasteiger partial charge in [0.1, 0.15) is 5.60 Å². The highest BCUT2D eigenvalue weighted by molar-refractivity contribution is 9.10. The molecule has 6 nitrogen and oxygen atoms in total. The molecule has 1 aromatic rings. The number of halogens is 1. The summed E-state index contributed by atoms with van der Waals surface area (Å²) in [5.74, 6) is -1.33. The van der Waals surface area contributed by atoms with Crippen molar-refractivity contribution in [3.8, 4) is 0 Å². The van der Waals surface area contributed by atoms with Gasteiger partial charge in [0, 0.05) is 36.3 Å². The molecule has 1 aromatic carbocycles. The summed E-state index contributed by atoms with van der Waals surface area (Å²) in [5, 5.41) is -0.887. The molecule has 1 fully saturated rings. The number of rotatable bonds is 6. The van der Waals surface area contributed by atoms with Gasteiger partial charge >= 0.3 is 5.97 Å². The van der Waals surface area contributed by atoms with Crippen molar-refractivity contribution in [2.24, 2.45) is 11.8 Å². The Morgan fingerprint density at radius 3 is 2.11 bits per heavy atom. The molecular weight excluding hydrogens is 444 g/mol. The van der Waals surface area contributed by atoms with Crippen LogP contribution < -0.4 is 4.90 Å². The van der Waals surface area contributed by atoms with Crippen LogP contribution in [0.25, 0.3) is 0 Å². The van der Waals surface area contributed by atoms with Gasteiger partial charge in [0.25, 0.3) is 0 Å². The standard InChI is InChI=1S/C20H31BrN2O4S/c1-14(2)17(19(24)27-20(3,4)5)18(28(25)26)23-12-10-22(11-13-23)16-8-6-15(21)7-9-16/h6-9,14,17-18H,10-13H2,1-5H3,(H,25,26)/p-1. The molecule has 2 rings (SSSR count). The first-order valence-corrected chi connectivity index (χ1v) is 11.5. The summed E-state index contributed by atoms with van der Waals surface area (Å²) in [6, 6.07) is 8.07. The van der Waals surface area contributed by atoms with Crippen molar-refractivity contribution < 1.29 is 18.3 Å². The molecule has 8 heteroatoms. The molecule has 1 aliphatic heterocycles. The summed E-state index contributed by atoms with van der Waals surface area (Å²) in [7, 11) is 0. The highest BCUT2D eigenvalue weighted by Crippen LogP contribution is 2.28. The van der Waals surface area contributed by atoms with Crippen LogP contribution in [0.3, 0.4) is 0 Å². The third-order valence-corrected chi connectivity index (χ3v) is 6.28. The first-order valence-electron chi connectivity index (χ1n) is 9.55. The second-order valence-electron chi connectivity index (χ2n) is 8.45. The maximum absolute atomic E-state index is 12.8. The Morgan fingerprint density at radius 2 is 1.68 bits per heavy atom. The molecule has 0 N–H and O–H groups in total. The molecular formula is C20H30BrN2O4S-. The van der Waals surface area contributed by atoms with Gasteiger partial charge in [-0.1, -0.05) is 29.8 Å². The van der Waals surface area contributed by atoms with Crippen LogP contribution in [0.2, 0.25) is 0 Å². The van der Waals surface area contributed by atoms with Gasteiger partial charge in [-0.15, -0.1) is 0 Å². The van der Waals surface area contributed by atoms with E-state index in [0.717, 1.165) is 10.2 Å². The third kappa shape index (κ3) is 6.27. The number of nitrogens with zero attached hydrogens (tertiary/aromatic N) is 2. The Balaban J connectivity index is 2.13. The van der Waals surface area contributed by atoms with E-state index in [1.54, 1.807) is 20.8 Å². The number of ether oxygens (including phenoxy) is 1. The Hall–Kier alpha value is -0.960. The van der Waals surface area contributed by atoms with Crippen LogP contribution >= 0.6 is 15.9 Å². The van der Waals surface area contributed by atoms with E-state index < -0.39 is 33.9 Å². The van der Waals surface area contributed by atoms with Crippen LogP contribution in [-0.4, -0.2) is 56.8 Å². The zero-order valence-electron chi connectivity index (χ0n) is 17.2. The van der Waals surface area contributed by atoms with Crippen LogP contribution in [0.1, 0.15) is 34.6 Å². The minimum atomic E-state index is -2.41. The van der Waals surface area contributed by atoms with Gasteiger partial charge in [0.15, 0.2) is 0 Å². The van der Waals surface area contributed by atoms with Crippen LogP contribution in [0.5, 0.6) is 0 Å². The molecule has 0 aliphatic carbocycles. The average Bonchev–Trinajstić information content (AvgIpc) is 2.58. The number of hydrogen-bond acceptors (Lipinski definition) is 6. The van der Waals surface area contributed by atoms with Crippen molar-refractivity contribution in [3.05, 3.63) is 28.7 Å². The predicted octanol–water partition coefficient (Wildman–Crippen LogP) is 3.39. The molecule has 0 spiro atoms. The lowest BCUT2D eigenvalue weighted by atomic mass is 9.94. The van der Waals surface area contributed by atoms with E-state index in [4.69, 9.17) is 4.74 Å². The van der Waals surface area contributed by atoms with Gasteiger partial charge in [-0.25, -0.2) is 0 Å². The maximum atomic E-state index is 12.8. The van der Waals surface area contributed by atoms with Crippen molar-refractivity contribution in [2.75, 3.05) is 31.1 Å². The highest BCUT2D eigenvalue weighted by Gasteiger charge is 2.39. The SMILES string of the molecule is CC(C)C(C(=O)OC(C)(C)C)C(N1CCN(c2ccc(Br)cc2)CC1)S(=O)[O-]. The van der Waals surface area contributed by atoms with Crippen LogP contribution in [0.4, 0.5) is 5.69 Å². The number of hydrogen-bond donors (Lipinski definition) is 0. The maximum Gasteiger partial charge on any atom is 0.312 e. The summed E-state index contributed by atoms with van der Waals surface area (Å²) in [5.41, 5.74) is 0.453. The lowest BCUT2D eigenvalue weighted by molar-refractivity contribution is -0.163. The summed E-state index contributed by atoms with van der Waals surface area (Å²) in [6.07, 6.45) is 0. The van der Waals surface area contributed by atoms with E-state index in [-0.39, 0.29) is 5.92 Å². The minimum absolute atomic E-state index is 0.151. The van der Waals surface area contributed by atoms with Gasteiger partial charge in [-0.2, -0.15) is 0 Å². The molecule has 1 heterocycles. The summed E-state index contributed by atoms with van der Waals surface area (Å²) >= 11 is 1.03. The number of benzene rings is 1. The number of carbonyl (C=O) groups excluding carboxylic acids is 1. The van der Waals surface area contributed by atoms with E-state index in [2.05, 4.69) is 20.8 Å². The molecule has 1 saturated heterocycles. The van der Waals surface area contributed by atoms with E-state index in [0.29, 0.717) is 26.2 Å². The molecule has 158 valence electrons. The van der Waals surface area contributed by atoms with Crippen LogP contribution in [-0.2, 0) is 20.6 Å². The number of carbonyl (C=O) groups is 1. The largest absolute Gasteiger partial charge is 0.771 e. The molecule has 0 amide bonds. The molecule has 0 aromatic heterocycles. The lowest BCUT2D eigenvalue weighted by Crippen LogP contribution is -2.56. The molecule has 28 heavy (non-hydrogen) atoms. The summed E-state index contributed by atoms with van der Waals surface area (Å²) < 4.78 is 30.8. The van der Waals surface area contributed by atoms with E-state index >= 15 is 0 Å². The normalized spacial score (nSPS) is 19.4. The number of esters is 1. The molecule has 0 radical (unpaired) electrons. The Labute approximate surface area is 179 Å². The lowest BCUT2D eigenvalue weighted by Gasteiger charge is -2.44. The smallest absolute Gasteiger partial charge is 0.312 e. The molecule has 1 aliphatic rings. The first-order chi connectivity index (χ1) is 13.0. The third-order valence-electron chi connectivity index (χ3n) is 4.77. The number of anilines is 1. The quantitative estimate of drug-likeness (QED) is 0.465. The second-order valence-corrected chi connectivity index (χ2v) is 10.4. The van der Waals surface area contributed by atoms with Gasteiger partial charge in [0.05, 0.1) is 11.3 Å². The number of piperazine rings is 1. The predicted molar refractivity (Wildman–Crippen MR) is 115 cm³/mol. The molecule has 3 unspecified atom stereocenters. The van der Waals surface area contributed by atoms with E-state index in [1.807, 2.05) is 43.0 Å². The fraction of sp³-hybridized carbons (Fsp3) is 0.650. The second kappa shape index (κ2) is 9.69. The van der Waals surface area contributed by atoms with Crippen molar-refractivity contribution in [1.29, 1.82) is 0 Å². The summed E-state index contributed by atoms with van der Waals surface area (Å²) in [6.45, 7) is 11.7. The van der Waals surface area contributed by atoms with E-state index in [1.165, 1.54) is 0 Å². The van der Waals surface area contributed by atoms with Gasteiger partial charge < -0.3 is 14.2 Å². The van der Waals surface area contributed by atoms with Crippen molar-refractivity contribution in [2.45, 2.75) is 45.6 Å². The van der Waals surface area contributed by atoms with Gasteiger partial charge in [-0.3, -0.25) is 13.9 Å². The monoisotopic (exact) mass is 473 g/mol. The minimum Gasteiger partial charge on any atom is -0.771 e. The first kappa shape index (κ1) is 23.3. The highest BCUT2D eigenvalue weighted by atomic mass is 79.9. The van der Waals surface area contributed by atoms with Gasteiger partial charge in [0.2, 0.25) is 0 Å². The molecule has 3 atom stereocenters. The van der Waals surface area contributed by atoms with Crippen LogP contribution in [0, 0.1) is 11.8 Å². The fourth-order valence-corrected chi connectivity index (χ4v) is 4.83. The van der Waals surface area contributed by atoms with Crippen molar-refractivity contribution >= 4 is 38.7 Å². The fourth-order valence-electron chi connectivity index (χ4n) is 3.44. The Morgan fingerprint density at radius 1 is 1.14 bits per heavy atom. The summed E-state index contributed by atoms with van der Waals surface area (Å²) in [4.78, 5) is 16.9. The zero-order chi connectivity index (χ0) is 21.1. The zero-order valence-corrected chi connectivity index (χ0v) is 19.6. The molecule has 0 saturated carbocycles. The Kier molecular flexibility index (Phi) is 8.07. The van der Waals surface area contributed by atoms with Crippen molar-refractivity contribution in [1.82, 2.24) is 4.90 Å². The van der Waals surface area contributed by atoms with E-state index in [9.17, 15) is 13.6 Å².